The van der Waals surface area contributed by atoms with Gasteiger partial charge in [0, 0.05) is 37.2 Å². The van der Waals surface area contributed by atoms with Gasteiger partial charge in [-0.05, 0) is 106 Å². The molecule has 0 radical (unpaired) electrons. The second-order valence-corrected chi connectivity index (χ2v) is 12.2. The van der Waals surface area contributed by atoms with Crippen molar-refractivity contribution in [1.82, 2.24) is 9.80 Å². The Balaban J connectivity index is 1.41. The maximum Gasteiger partial charge on any atom is 0.254 e. The van der Waals surface area contributed by atoms with E-state index in [9.17, 15) is 9.59 Å². The van der Waals surface area contributed by atoms with E-state index in [-0.39, 0.29) is 23.8 Å². The number of rotatable bonds is 14. The number of amides is 2. The molecule has 2 amide bonds. The van der Waals surface area contributed by atoms with Crippen LogP contribution in [0, 0.1) is 5.92 Å². The van der Waals surface area contributed by atoms with Crippen molar-refractivity contribution < 1.29 is 38.0 Å². The molecule has 10 nitrogen and oxygen atoms in total. The summed E-state index contributed by atoms with van der Waals surface area (Å²) in [5.74, 6) is 3.77. The van der Waals surface area contributed by atoms with Gasteiger partial charge >= 0.3 is 0 Å². The highest BCUT2D eigenvalue weighted by Crippen LogP contribution is 2.42. The Hall–Kier alpha value is -4.60. The summed E-state index contributed by atoms with van der Waals surface area (Å²) in [5, 5.41) is 0. The van der Waals surface area contributed by atoms with Gasteiger partial charge in [-0.25, -0.2) is 0 Å². The summed E-state index contributed by atoms with van der Waals surface area (Å²) in [7, 11) is 3.13. The standard InChI is InChI=1S/C39H50N2O8/c1-7-46-34-12-11-26(20-35(34)47-8-2)19-33-32-25-37(49-10-4)36(48-9-3)23-28(32)15-18-41(33)39(43)27-13-16-40(17-14-27)38(42)29-21-30(44-5)24-31(22-29)45-6/h11-12,20-25,27,33H,7-10,13-19H2,1-6H3. The predicted molar refractivity (Wildman–Crippen MR) is 188 cm³/mol. The van der Waals surface area contributed by atoms with E-state index in [1.54, 1.807) is 32.4 Å². The second kappa shape index (κ2) is 16.7. The Kier molecular flexibility index (Phi) is 12.2. The number of methoxy groups -OCH3 is 2. The monoisotopic (exact) mass is 674 g/mol. The van der Waals surface area contributed by atoms with Gasteiger partial charge in [-0.3, -0.25) is 9.59 Å². The number of hydrogen-bond donors (Lipinski definition) is 0. The Morgan fingerprint density at radius 1 is 0.694 bits per heavy atom. The van der Waals surface area contributed by atoms with Crippen LogP contribution in [0.4, 0.5) is 0 Å². The molecule has 3 aromatic carbocycles. The lowest BCUT2D eigenvalue weighted by Gasteiger charge is -2.41. The summed E-state index contributed by atoms with van der Waals surface area (Å²) in [6.45, 7) is 11.5. The van der Waals surface area contributed by atoms with Gasteiger partial charge in [0.05, 0.1) is 46.7 Å². The lowest BCUT2D eigenvalue weighted by Crippen LogP contribution is -2.47. The Bertz CT molecular complexity index is 1580. The molecular weight excluding hydrogens is 624 g/mol. The van der Waals surface area contributed by atoms with E-state index >= 15 is 0 Å². The second-order valence-electron chi connectivity index (χ2n) is 12.2. The first-order chi connectivity index (χ1) is 23.8. The molecule has 1 saturated heterocycles. The number of likely N-dealkylation sites (tertiary alicyclic amines) is 1. The van der Waals surface area contributed by atoms with Crippen LogP contribution >= 0.6 is 0 Å². The van der Waals surface area contributed by atoms with Gasteiger partial charge in [-0.15, -0.1) is 0 Å². The van der Waals surface area contributed by atoms with Crippen LogP contribution in [-0.4, -0.2) is 81.9 Å². The van der Waals surface area contributed by atoms with Crippen molar-refractivity contribution in [2.75, 3.05) is 60.3 Å². The summed E-state index contributed by atoms with van der Waals surface area (Å²) in [6.07, 6.45) is 2.49. The number of ether oxygens (including phenoxy) is 6. The summed E-state index contributed by atoms with van der Waals surface area (Å²) in [5.41, 5.74) is 3.78. The van der Waals surface area contributed by atoms with Crippen molar-refractivity contribution in [3.05, 3.63) is 70.8 Å². The molecule has 49 heavy (non-hydrogen) atoms. The minimum absolute atomic E-state index is 0.0953. The summed E-state index contributed by atoms with van der Waals surface area (Å²) in [4.78, 5) is 31.8. The van der Waals surface area contributed by atoms with Crippen LogP contribution in [0.2, 0.25) is 0 Å². The van der Waals surface area contributed by atoms with E-state index in [0.29, 0.717) is 106 Å². The van der Waals surface area contributed by atoms with Crippen LogP contribution < -0.4 is 28.4 Å². The lowest BCUT2D eigenvalue weighted by molar-refractivity contribution is -0.140. The molecule has 0 saturated carbocycles. The molecule has 0 bridgehead atoms. The van der Waals surface area contributed by atoms with Crippen LogP contribution in [-0.2, 0) is 17.6 Å². The van der Waals surface area contributed by atoms with E-state index in [0.717, 1.165) is 22.4 Å². The van der Waals surface area contributed by atoms with Crippen molar-refractivity contribution in [2.45, 2.75) is 59.4 Å². The van der Waals surface area contributed by atoms with Crippen LogP contribution in [0.1, 0.15) is 73.6 Å². The molecule has 3 aromatic rings. The molecule has 2 heterocycles. The largest absolute Gasteiger partial charge is 0.497 e. The molecule has 10 heteroatoms. The number of carbonyl (C=O) groups excluding carboxylic acids is 2. The van der Waals surface area contributed by atoms with Crippen LogP contribution in [0.15, 0.2) is 48.5 Å². The highest BCUT2D eigenvalue weighted by atomic mass is 16.5. The highest BCUT2D eigenvalue weighted by Gasteiger charge is 2.37. The van der Waals surface area contributed by atoms with Crippen LogP contribution in [0.25, 0.3) is 0 Å². The first-order valence-electron chi connectivity index (χ1n) is 17.5. The topological polar surface area (TPSA) is 96.0 Å². The SMILES string of the molecule is CCOc1ccc(CC2c3cc(OCC)c(OCC)cc3CCN2C(=O)C2CCN(C(=O)c3cc(OC)cc(OC)c3)CC2)cc1OCC. The predicted octanol–water partition coefficient (Wildman–Crippen LogP) is 6.52. The molecule has 1 atom stereocenters. The summed E-state index contributed by atoms with van der Waals surface area (Å²) in [6, 6.07) is 15.2. The van der Waals surface area contributed by atoms with Gasteiger partial charge < -0.3 is 38.2 Å². The maximum atomic E-state index is 14.5. The summed E-state index contributed by atoms with van der Waals surface area (Å²) < 4.78 is 34.5. The van der Waals surface area contributed by atoms with Crippen molar-refractivity contribution in [2.24, 2.45) is 5.92 Å². The fraction of sp³-hybridized carbons (Fsp3) is 0.487. The van der Waals surface area contributed by atoms with Gasteiger partial charge in [0.1, 0.15) is 11.5 Å². The number of hydrogen-bond acceptors (Lipinski definition) is 8. The molecule has 0 aromatic heterocycles. The molecule has 0 spiro atoms. The Morgan fingerprint density at radius 2 is 1.27 bits per heavy atom. The minimum atomic E-state index is -0.220. The molecule has 264 valence electrons. The van der Waals surface area contributed by atoms with Crippen LogP contribution in [0.3, 0.4) is 0 Å². The quantitative estimate of drug-likeness (QED) is 0.191. The molecule has 0 N–H and O–H groups in total. The van der Waals surface area contributed by atoms with Crippen molar-refractivity contribution in [1.29, 1.82) is 0 Å². The highest BCUT2D eigenvalue weighted by molar-refractivity contribution is 5.95. The zero-order valence-corrected chi connectivity index (χ0v) is 29.7. The van der Waals surface area contributed by atoms with Crippen molar-refractivity contribution >= 4 is 11.8 Å². The molecule has 2 aliphatic rings. The third-order valence-electron chi connectivity index (χ3n) is 9.21. The first-order valence-corrected chi connectivity index (χ1v) is 17.5. The third-order valence-corrected chi connectivity index (χ3v) is 9.21. The van der Waals surface area contributed by atoms with Gasteiger partial charge in [0.2, 0.25) is 5.91 Å². The molecular formula is C39H50N2O8. The van der Waals surface area contributed by atoms with E-state index in [1.165, 1.54) is 0 Å². The number of fused-ring (bicyclic) bond motifs is 1. The van der Waals surface area contributed by atoms with Gasteiger partial charge in [-0.2, -0.15) is 0 Å². The normalized spacial score (nSPS) is 16.1. The fourth-order valence-electron chi connectivity index (χ4n) is 6.85. The molecule has 5 rings (SSSR count). The molecule has 2 aliphatic heterocycles. The van der Waals surface area contributed by atoms with E-state index in [1.807, 2.05) is 49.6 Å². The maximum absolute atomic E-state index is 14.5. The average Bonchev–Trinajstić information content (AvgIpc) is 3.12. The van der Waals surface area contributed by atoms with E-state index in [4.69, 9.17) is 28.4 Å². The third kappa shape index (κ3) is 8.17. The van der Waals surface area contributed by atoms with Crippen molar-refractivity contribution in [3.63, 3.8) is 0 Å². The first kappa shape index (κ1) is 35.7. The minimum Gasteiger partial charge on any atom is -0.497 e. The average molecular weight is 675 g/mol. The van der Waals surface area contributed by atoms with Crippen LogP contribution in [0.5, 0.6) is 34.5 Å². The Labute approximate surface area is 290 Å². The van der Waals surface area contributed by atoms with Gasteiger partial charge in [0.25, 0.3) is 5.91 Å². The van der Waals surface area contributed by atoms with E-state index < -0.39 is 0 Å². The zero-order chi connectivity index (χ0) is 34.9. The van der Waals surface area contributed by atoms with Gasteiger partial charge in [-0.1, -0.05) is 6.07 Å². The Morgan fingerprint density at radius 3 is 1.86 bits per heavy atom. The molecule has 1 fully saturated rings. The lowest BCUT2D eigenvalue weighted by atomic mass is 9.86. The summed E-state index contributed by atoms with van der Waals surface area (Å²) >= 11 is 0. The van der Waals surface area contributed by atoms with Crippen molar-refractivity contribution in [3.8, 4) is 34.5 Å². The molecule has 1 unspecified atom stereocenters. The van der Waals surface area contributed by atoms with Gasteiger partial charge in [0.15, 0.2) is 23.0 Å². The number of benzene rings is 3. The zero-order valence-electron chi connectivity index (χ0n) is 29.7. The number of carbonyl (C=O) groups is 2. The smallest absolute Gasteiger partial charge is 0.254 e. The fourth-order valence-corrected chi connectivity index (χ4v) is 6.85. The molecule has 0 aliphatic carbocycles. The number of nitrogens with zero attached hydrogens (tertiary/aromatic N) is 2. The number of piperidine rings is 1. The van der Waals surface area contributed by atoms with E-state index in [2.05, 4.69) is 18.2 Å².